The average molecular weight is 486 g/mol. The number of hydrogen-bond acceptors (Lipinski definition) is 7. The summed E-state index contributed by atoms with van der Waals surface area (Å²) >= 11 is 0. The van der Waals surface area contributed by atoms with Gasteiger partial charge in [-0.25, -0.2) is 0 Å². The number of amides is 2. The number of aliphatic hydroxyl groups excluding tert-OH is 2. The first-order valence-corrected chi connectivity index (χ1v) is 12.4. The summed E-state index contributed by atoms with van der Waals surface area (Å²) in [6.07, 6.45) is 4.02. The SMILES string of the molecule is CCC=CC(=O)N(CCN1CCOCC1)C1C=C(C(=O)NCCO)C2c3ccccc3OC2C1O. The van der Waals surface area contributed by atoms with E-state index in [0.717, 1.165) is 18.7 Å². The monoisotopic (exact) mass is 485 g/mol. The molecule has 4 unspecified atom stereocenters. The van der Waals surface area contributed by atoms with Crippen LogP contribution in [0.1, 0.15) is 24.8 Å². The molecule has 1 aromatic carbocycles. The Kier molecular flexibility index (Phi) is 8.56. The molecule has 35 heavy (non-hydrogen) atoms. The number of nitrogens with zero attached hydrogens (tertiary/aromatic N) is 2. The molecule has 0 saturated carbocycles. The van der Waals surface area contributed by atoms with Gasteiger partial charge in [-0.2, -0.15) is 0 Å². The lowest BCUT2D eigenvalue weighted by Gasteiger charge is -2.41. The number of nitrogens with one attached hydrogen (secondary N) is 1. The van der Waals surface area contributed by atoms with Gasteiger partial charge in [-0.3, -0.25) is 14.5 Å². The maximum atomic E-state index is 13.3. The van der Waals surface area contributed by atoms with Crippen LogP contribution in [-0.2, 0) is 14.3 Å². The van der Waals surface area contributed by atoms with Gasteiger partial charge >= 0.3 is 0 Å². The van der Waals surface area contributed by atoms with Crippen LogP contribution < -0.4 is 10.1 Å². The maximum absolute atomic E-state index is 13.3. The molecule has 9 nitrogen and oxygen atoms in total. The molecule has 2 heterocycles. The second-order valence-electron chi connectivity index (χ2n) is 8.98. The van der Waals surface area contributed by atoms with Crippen molar-refractivity contribution in [3.8, 4) is 5.75 Å². The minimum Gasteiger partial charge on any atom is -0.486 e. The number of carbonyl (C=O) groups is 2. The Hall–Kier alpha value is -2.72. The molecule has 2 amide bonds. The van der Waals surface area contributed by atoms with Crippen molar-refractivity contribution in [2.75, 3.05) is 52.5 Å². The molecule has 1 saturated heterocycles. The highest BCUT2D eigenvalue weighted by Crippen LogP contribution is 2.47. The smallest absolute Gasteiger partial charge is 0.247 e. The predicted molar refractivity (Wildman–Crippen MR) is 130 cm³/mol. The van der Waals surface area contributed by atoms with Gasteiger partial charge in [-0.1, -0.05) is 31.2 Å². The lowest BCUT2D eigenvalue weighted by atomic mass is 9.77. The fourth-order valence-electron chi connectivity index (χ4n) is 4.99. The van der Waals surface area contributed by atoms with Crippen LogP contribution in [0.4, 0.5) is 0 Å². The largest absolute Gasteiger partial charge is 0.486 e. The molecule has 0 spiro atoms. The van der Waals surface area contributed by atoms with Gasteiger partial charge < -0.3 is 29.9 Å². The lowest BCUT2D eigenvalue weighted by molar-refractivity contribution is -0.132. The molecule has 0 aromatic heterocycles. The second-order valence-corrected chi connectivity index (χ2v) is 8.98. The summed E-state index contributed by atoms with van der Waals surface area (Å²) in [6, 6.07) is 6.70. The number of fused-ring (bicyclic) bond motifs is 3. The number of benzene rings is 1. The average Bonchev–Trinajstić information content (AvgIpc) is 3.28. The normalized spacial score (nSPS) is 26.0. The van der Waals surface area contributed by atoms with Crippen molar-refractivity contribution in [2.24, 2.45) is 0 Å². The first kappa shape index (κ1) is 25.4. The Morgan fingerprint density at radius 3 is 2.77 bits per heavy atom. The first-order chi connectivity index (χ1) is 17.0. The van der Waals surface area contributed by atoms with Crippen LogP contribution in [0, 0.1) is 0 Å². The third kappa shape index (κ3) is 5.59. The summed E-state index contributed by atoms with van der Waals surface area (Å²) in [4.78, 5) is 30.3. The highest BCUT2D eigenvalue weighted by Gasteiger charge is 2.50. The lowest BCUT2D eigenvalue weighted by Crippen LogP contribution is -2.57. The topological polar surface area (TPSA) is 112 Å². The third-order valence-electron chi connectivity index (χ3n) is 6.78. The zero-order valence-corrected chi connectivity index (χ0v) is 20.1. The molecule has 3 N–H and O–H groups in total. The van der Waals surface area contributed by atoms with Crippen LogP contribution in [0.2, 0.25) is 0 Å². The summed E-state index contributed by atoms with van der Waals surface area (Å²) in [6.45, 7) is 5.78. The van der Waals surface area contributed by atoms with Crippen molar-refractivity contribution >= 4 is 11.8 Å². The zero-order valence-electron chi connectivity index (χ0n) is 20.1. The van der Waals surface area contributed by atoms with E-state index in [-0.39, 0.29) is 25.0 Å². The van der Waals surface area contributed by atoms with Gasteiger partial charge in [0.05, 0.1) is 31.8 Å². The minimum absolute atomic E-state index is 0.113. The van der Waals surface area contributed by atoms with Crippen LogP contribution >= 0.6 is 0 Å². The van der Waals surface area contributed by atoms with Gasteiger partial charge in [0.2, 0.25) is 11.8 Å². The van der Waals surface area contributed by atoms with E-state index in [1.54, 1.807) is 17.1 Å². The maximum Gasteiger partial charge on any atom is 0.247 e. The van der Waals surface area contributed by atoms with E-state index in [1.165, 1.54) is 6.08 Å². The zero-order chi connectivity index (χ0) is 24.8. The number of rotatable bonds is 9. The van der Waals surface area contributed by atoms with Crippen molar-refractivity contribution in [1.29, 1.82) is 0 Å². The van der Waals surface area contributed by atoms with Crippen LogP contribution in [0.5, 0.6) is 5.75 Å². The highest BCUT2D eigenvalue weighted by atomic mass is 16.5. The first-order valence-electron chi connectivity index (χ1n) is 12.4. The van der Waals surface area contributed by atoms with E-state index < -0.39 is 24.2 Å². The molecular formula is C26H35N3O6. The number of allylic oxidation sites excluding steroid dienone is 1. The van der Waals surface area contributed by atoms with Crippen LogP contribution in [0.25, 0.3) is 0 Å². The standard InChI is InChI=1S/C26H35N3O6/c1-2-3-8-22(31)29(11-10-28-12-15-34-16-13-28)20-17-19(26(33)27-9-14-30)23-18-6-4-5-7-21(18)35-25(23)24(20)32/h3-8,17,20,23-25,30,32H,2,9-16H2,1H3,(H,27,33). The van der Waals surface area contributed by atoms with Crippen molar-refractivity contribution in [2.45, 2.75) is 37.5 Å². The Balaban J connectivity index is 1.67. The van der Waals surface area contributed by atoms with E-state index in [0.29, 0.717) is 44.0 Å². The minimum atomic E-state index is -1.02. The molecule has 4 rings (SSSR count). The fraction of sp³-hybridized carbons (Fsp3) is 0.538. The van der Waals surface area contributed by atoms with Crippen LogP contribution in [-0.4, -0.2) is 103 Å². The molecule has 190 valence electrons. The Bertz CT molecular complexity index is 958. The summed E-state index contributed by atoms with van der Waals surface area (Å²) in [5.41, 5.74) is 1.27. The molecule has 3 aliphatic rings. The molecule has 0 radical (unpaired) electrons. The molecule has 9 heteroatoms. The number of para-hydroxylation sites is 1. The second kappa shape index (κ2) is 11.8. The van der Waals surface area contributed by atoms with Gasteiger partial charge in [0.15, 0.2) is 0 Å². The number of morpholine rings is 1. The van der Waals surface area contributed by atoms with E-state index in [2.05, 4.69) is 10.2 Å². The summed E-state index contributed by atoms with van der Waals surface area (Å²) in [5.74, 6) is -0.390. The van der Waals surface area contributed by atoms with Gasteiger partial charge in [0.25, 0.3) is 0 Å². The van der Waals surface area contributed by atoms with Gasteiger partial charge in [-0.05, 0) is 24.6 Å². The van der Waals surface area contributed by atoms with Crippen LogP contribution in [0.3, 0.4) is 0 Å². The van der Waals surface area contributed by atoms with Crippen molar-refractivity contribution in [3.63, 3.8) is 0 Å². The quantitative estimate of drug-likeness (QED) is 0.435. The summed E-state index contributed by atoms with van der Waals surface area (Å²) in [5, 5.41) is 23.4. The van der Waals surface area contributed by atoms with E-state index in [9.17, 15) is 19.8 Å². The molecular weight excluding hydrogens is 450 g/mol. The number of hydrogen-bond donors (Lipinski definition) is 3. The molecule has 2 aliphatic heterocycles. The van der Waals surface area contributed by atoms with Gasteiger partial charge in [0.1, 0.15) is 18.0 Å². The van der Waals surface area contributed by atoms with E-state index >= 15 is 0 Å². The van der Waals surface area contributed by atoms with E-state index in [1.807, 2.05) is 31.2 Å². The third-order valence-corrected chi connectivity index (χ3v) is 6.78. The molecule has 0 bridgehead atoms. The molecule has 4 atom stereocenters. The van der Waals surface area contributed by atoms with Crippen molar-refractivity contribution < 1.29 is 29.3 Å². The molecule has 1 aromatic rings. The fourth-order valence-corrected chi connectivity index (χ4v) is 4.99. The molecule has 1 fully saturated rings. The molecule has 1 aliphatic carbocycles. The number of carbonyl (C=O) groups excluding carboxylic acids is 2. The van der Waals surface area contributed by atoms with Crippen molar-refractivity contribution in [3.05, 3.63) is 53.6 Å². The summed E-state index contributed by atoms with van der Waals surface area (Å²) in [7, 11) is 0. The van der Waals surface area contributed by atoms with Crippen LogP contribution in [0.15, 0.2) is 48.1 Å². The number of aliphatic hydroxyl groups is 2. The summed E-state index contributed by atoms with van der Waals surface area (Å²) < 4.78 is 11.6. The Morgan fingerprint density at radius 2 is 2.03 bits per heavy atom. The van der Waals surface area contributed by atoms with Gasteiger partial charge in [0, 0.05) is 43.9 Å². The Morgan fingerprint density at radius 1 is 1.26 bits per heavy atom. The Labute approximate surface area is 206 Å². The number of ether oxygens (including phenoxy) is 2. The predicted octanol–water partition coefficient (Wildman–Crippen LogP) is 0.436. The van der Waals surface area contributed by atoms with E-state index in [4.69, 9.17) is 9.47 Å². The van der Waals surface area contributed by atoms with Gasteiger partial charge in [-0.15, -0.1) is 0 Å². The van der Waals surface area contributed by atoms with Crippen molar-refractivity contribution in [1.82, 2.24) is 15.1 Å². The highest BCUT2D eigenvalue weighted by molar-refractivity contribution is 5.96.